The van der Waals surface area contributed by atoms with Crippen molar-refractivity contribution in [2.75, 3.05) is 0 Å². The Morgan fingerprint density at radius 1 is 0.591 bits per heavy atom. The maximum atomic E-state index is 6.15. The van der Waals surface area contributed by atoms with Gasteiger partial charge in [-0.3, -0.25) is 0 Å². The van der Waals surface area contributed by atoms with Crippen LogP contribution in [0.4, 0.5) is 0 Å². The molecule has 2 atom stereocenters. The van der Waals surface area contributed by atoms with Gasteiger partial charge in [-0.25, -0.2) is 0 Å². The van der Waals surface area contributed by atoms with Gasteiger partial charge in [0.15, 0.2) is 5.79 Å². The van der Waals surface area contributed by atoms with E-state index in [1.165, 1.54) is 83.5 Å². The fourth-order valence-electron chi connectivity index (χ4n) is 3.47. The molecular formula is C20H40O2. The number of rotatable bonds is 13. The second kappa shape index (κ2) is 11.5. The minimum atomic E-state index is -0.374. The van der Waals surface area contributed by atoms with Crippen molar-refractivity contribution in [1.29, 1.82) is 0 Å². The lowest BCUT2D eigenvalue weighted by atomic mass is 10.00. The lowest BCUT2D eigenvalue weighted by Gasteiger charge is -2.16. The Kier molecular flexibility index (Phi) is 10.4. The molecule has 0 aromatic heterocycles. The van der Waals surface area contributed by atoms with Crippen molar-refractivity contribution in [1.82, 2.24) is 0 Å². The zero-order chi connectivity index (χ0) is 16.3. The zero-order valence-electron chi connectivity index (χ0n) is 15.7. The molecule has 0 amide bonds. The van der Waals surface area contributed by atoms with Gasteiger partial charge in [0.05, 0.1) is 12.2 Å². The van der Waals surface area contributed by atoms with Crippen LogP contribution >= 0.6 is 0 Å². The molecule has 0 spiro atoms. The molecule has 22 heavy (non-hydrogen) atoms. The quantitative estimate of drug-likeness (QED) is 0.356. The highest BCUT2D eigenvalue weighted by Gasteiger charge is 2.40. The topological polar surface area (TPSA) is 18.5 Å². The van der Waals surface area contributed by atoms with Crippen LogP contribution in [0.25, 0.3) is 0 Å². The van der Waals surface area contributed by atoms with Gasteiger partial charge in [0, 0.05) is 0 Å². The summed E-state index contributed by atoms with van der Waals surface area (Å²) in [5.74, 6) is -0.374. The summed E-state index contributed by atoms with van der Waals surface area (Å²) < 4.78 is 12.3. The van der Waals surface area contributed by atoms with Gasteiger partial charge in [0.2, 0.25) is 0 Å². The molecule has 1 fully saturated rings. The monoisotopic (exact) mass is 312 g/mol. The summed E-state index contributed by atoms with van der Waals surface area (Å²) >= 11 is 0. The first-order valence-corrected chi connectivity index (χ1v) is 9.94. The van der Waals surface area contributed by atoms with E-state index in [-0.39, 0.29) is 5.79 Å². The van der Waals surface area contributed by atoms with Crippen LogP contribution in [-0.4, -0.2) is 18.0 Å². The molecule has 0 aromatic rings. The van der Waals surface area contributed by atoms with Gasteiger partial charge < -0.3 is 9.47 Å². The summed E-state index contributed by atoms with van der Waals surface area (Å²) in [7, 11) is 0. The van der Waals surface area contributed by atoms with Crippen LogP contribution in [0, 0.1) is 0 Å². The van der Waals surface area contributed by atoms with Crippen molar-refractivity contribution < 1.29 is 9.47 Å². The van der Waals surface area contributed by atoms with Crippen LogP contribution in [0.15, 0.2) is 0 Å². The minimum absolute atomic E-state index is 0.326. The average molecular weight is 313 g/mol. The molecular weight excluding hydrogens is 272 g/mol. The Morgan fingerprint density at radius 2 is 0.955 bits per heavy atom. The SMILES string of the molecule is CCCCCCCCC1OC(C)(C)OC1CCCCCCC. The van der Waals surface area contributed by atoms with Crippen molar-refractivity contribution in [3.05, 3.63) is 0 Å². The van der Waals surface area contributed by atoms with E-state index in [0.717, 1.165) is 0 Å². The molecule has 1 aliphatic heterocycles. The molecule has 0 saturated carbocycles. The summed E-state index contributed by atoms with van der Waals surface area (Å²) in [5, 5.41) is 0. The van der Waals surface area contributed by atoms with Gasteiger partial charge in [-0.1, -0.05) is 84.5 Å². The Balaban J connectivity index is 2.19. The van der Waals surface area contributed by atoms with Crippen molar-refractivity contribution >= 4 is 0 Å². The summed E-state index contributed by atoms with van der Waals surface area (Å²) in [6, 6.07) is 0. The minimum Gasteiger partial charge on any atom is -0.345 e. The average Bonchev–Trinajstić information content (AvgIpc) is 2.77. The van der Waals surface area contributed by atoms with E-state index in [1.54, 1.807) is 0 Å². The molecule has 1 heterocycles. The van der Waals surface area contributed by atoms with Crippen LogP contribution in [0.1, 0.15) is 111 Å². The third-order valence-corrected chi connectivity index (χ3v) is 4.72. The predicted octanol–water partition coefficient (Wildman–Crippen LogP) is 6.62. The van der Waals surface area contributed by atoms with Crippen LogP contribution < -0.4 is 0 Å². The van der Waals surface area contributed by atoms with Crippen LogP contribution in [0.2, 0.25) is 0 Å². The van der Waals surface area contributed by atoms with Crippen molar-refractivity contribution in [2.45, 2.75) is 129 Å². The molecule has 0 bridgehead atoms. The first-order chi connectivity index (χ1) is 10.6. The maximum absolute atomic E-state index is 6.15. The smallest absolute Gasteiger partial charge is 0.163 e. The Labute approximate surface area is 139 Å². The molecule has 1 aliphatic rings. The van der Waals surface area contributed by atoms with E-state index in [9.17, 15) is 0 Å². The van der Waals surface area contributed by atoms with Gasteiger partial charge >= 0.3 is 0 Å². The van der Waals surface area contributed by atoms with Crippen LogP contribution in [0.3, 0.4) is 0 Å². The number of hydrogen-bond donors (Lipinski definition) is 0. The summed E-state index contributed by atoms with van der Waals surface area (Å²) in [6.07, 6.45) is 17.8. The summed E-state index contributed by atoms with van der Waals surface area (Å²) in [4.78, 5) is 0. The van der Waals surface area contributed by atoms with E-state index in [2.05, 4.69) is 27.7 Å². The zero-order valence-corrected chi connectivity index (χ0v) is 15.7. The molecule has 0 aromatic carbocycles. The highest BCUT2D eigenvalue weighted by Crippen LogP contribution is 2.33. The third-order valence-electron chi connectivity index (χ3n) is 4.72. The van der Waals surface area contributed by atoms with Gasteiger partial charge in [0.1, 0.15) is 0 Å². The first-order valence-electron chi connectivity index (χ1n) is 9.94. The number of ether oxygens (including phenoxy) is 2. The van der Waals surface area contributed by atoms with Crippen LogP contribution in [-0.2, 0) is 9.47 Å². The van der Waals surface area contributed by atoms with Crippen LogP contribution in [0.5, 0.6) is 0 Å². The second-order valence-corrected chi connectivity index (χ2v) is 7.47. The maximum Gasteiger partial charge on any atom is 0.163 e. The van der Waals surface area contributed by atoms with Gasteiger partial charge in [-0.05, 0) is 26.7 Å². The second-order valence-electron chi connectivity index (χ2n) is 7.47. The summed E-state index contributed by atoms with van der Waals surface area (Å²) in [6.45, 7) is 8.68. The molecule has 0 N–H and O–H groups in total. The van der Waals surface area contributed by atoms with Gasteiger partial charge in [0.25, 0.3) is 0 Å². The van der Waals surface area contributed by atoms with E-state index in [4.69, 9.17) is 9.47 Å². The third kappa shape index (κ3) is 8.53. The number of unbranched alkanes of at least 4 members (excludes halogenated alkanes) is 9. The summed E-state index contributed by atoms with van der Waals surface area (Å²) in [5.41, 5.74) is 0. The molecule has 1 rings (SSSR count). The van der Waals surface area contributed by atoms with E-state index < -0.39 is 0 Å². The molecule has 2 unspecified atom stereocenters. The Bertz CT molecular complexity index is 262. The normalized spacial score (nSPS) is 24.0. The molecule has 2 nitrogen and oxygen atoms in total. The van der Waals surface area contributed by atoms with E-state index >= 15 is 0 Å². The standard InChI is InChI=1S/C20H40O2/c1-5-7-9-11-13-15-17-19-18(21-20(3,4)22-19)16-14-12-10-8-6-2/h18-19H,5-17H2,1-4H3. The number of hydrogen-bond acceptors (Lipinski definition) is 2. The Morgan fingerprint density at radius 3 is 1.36 bits per heavy atom. The highest BCUT2D eigenvalue weighted by molar-refractivity contribution is 4.81. The Hall–Kier alpha value is -0.0800. The molecule has 1 saturated heterocycles. The van der Waals surface area contributed by atoms with Gasteiger partial charge in [-0.2, -0.15) is 0 Å². The predicted molar refractivity (Wildman–Crippen MR) is 95.2 cm³/mol. The van der Waals surface area contributed by atoms with Gasteiger partial charge in [-0.15, -0.1) is 0 Å². The van der Waals surface area contributed by atoms with E-state index in [1.807, 2.05) is 0 Å². The highest BCUT2D eigenvalue weighted by atomic mass is 16.7. The molecule has 0 radical (unpaired) electrons. The lowest BCUT2D eigenvalue weighted by Crippen LogP contribution is -2.22. The fourth-order valence-corrected chi connectivity index (χ4v) is 3.47. The lowest BCUT2D eigenvalue weighted by molar-refractivity contribution is -0.147. The first kappa shape index (κ1) is 20.0. The fraction of sp³-hybridized carbons (Fsp3) is 1.00. The van der Waals surface area contributed by atoms with Crippen molar-refractivity contribution in [3.63, 3.8) is 0 Å². The van der Waals surface area contributed by atoms with Crippen molar-refractivity contribution in [3.8, 4) is 0 Å². The molecule has 2 heteroatoms. The molecule has 0 aliphatic carbocycles. The van der Waals surface area contributed by atoms with Crippen molar-refractivity contribution in [2.24, 2.45) is 0 Å². The molecule has 132 valence electrons. The van der Waals surface area contributed by atoms with E-state index in [0.29, 0.717) is 12.2 Å². The largest absolute Gasteiger partial charge is 0.345 e.